The molecule has 1 fully saturated rings. The van der Waals surface area contributed by atoms with Crippen molar-refractivity contribution in [3.8, 4) is 0 Å². The van der Waals surface area contributed by atoms with E-state index in [4.69, 9.17) is 14.8 Å². The maximum Gasteiger partial charge on any atom is 0.488 e. The van der Waals surface area contributed by atoms with Crippen LogP contribution >= 0.6 is 0 Å². The summed E-state index contributed by atoms with van der Waals surface area (Å²) in [6.45, 7) is 0.898. The van der Waals surface area contributed by atoms with Crippen LogP contribution in [0.5, 0.6) is 0 Å². The van der Waals surface area contributed by atoms with E-state index in [0.717, 1.165) is 18.4 Å². The average molecular weight is 238 g/mol. The molecule has 0 unspecified atom stereocenters. The number of benzene rings is 1. The van der Waals surface area contributed by atoms with E-state index in [-0.39, 0.29) is 12.1 Å². The van der Waals surface area contributed by atoms with Crippen LogP contribution in [0.2, 0.25) is 0 Å². The fraction of sp³-hybridized carbons (Fsp3) is 0.500. The van der Waals surface area contributed by atoms with E-state index in [9.17, 15) is 4.39 Å². The van der Waals surface area contributed by atoms with Gasteiger partial charge in [0.2, 0.25) is 0 Å². The Hall–Kier alpha value is -0.905. The number of ether oxygens (including phenoxy) is 1. The number of halogens is 1. The first-order valence-corrected chi connectivity index (χ1v) is 5.89. The van der Waals surface area contributed by atoms with Gasteiger partial charge < -0.3 is 14.8 Å². The van der Waals surface area contributed by atoms with Gasteiger partial charge in [-0.2, -0.15) is 0 Å². The predicted octanol–water partition coefficient (Wildman–Crippen LogP) is 0.822. The largest absolute Gasteiger partial charge is 0.488 e. The van der Waals surface area contributed by atoms with Gasteiger partial charge in [0.05, 0.1) is 6.61 Å². The quantitative estimate of drug-likeness (QED) is 0.569. The third-order valence-electron chi connectivity index (χ3n) is 3.00. The first-order valence-electron chi connectivity index (χ1n) is 5.89. The lowest BCUT2D eigenvalue weighted by Gasteiger charge is -2.07. The Bertz CT molecular complexity index is 380. The molecule has 0 atom stereocenters. The Labute approximate surface area is 100 Å². The van der Waals surface area contributed by atoms with E-state index in [2.05, 4.69) is 0 Å². The van der Waals surface area contributed by atoms with Crippen LogP contribution in [0, 0.1) is 11.7 Å². The summed E-state index contributed by atoms with van der Waals surface area (Å²) >= 11 is 0. The SMILES string of the molecule is OB(O)c1ccc(COCCC2CC2)c(F)c1. The lowest BCUT2D eigenvalue weighted by molar-refractivity contribution is 0.113. The molecule has 0 amide bonds. The van der Waals surface area contributed by atoms with Gasteiger partial charge >= 0.3 is 7.12 Å². The fourth-order valence-corrected chi connectivity index (χ4v) is 1.68. The van der Waals surface area contributed by atoms with Gasteiger partial charge in [0, 0.05) is 12.2 Å². The second-order valence-electron chi connectivity index (χ2n) is 4.51. The molecule has 3 nitrogen and oxygen atoms in total. The molecule has 0 bridgehead atoms. The van der Waals surface area contributed by atoms with Gasteiger partial charge in [0.25, 0.3) is 0 Å². The molecule has 1 aliphatic rings. The third-order valence-corrected chi connectivity index (χ3v) is 3.00. The van der Waals surface area contributed by atoms with Crippen LogP contribution in [0.3, 0.4) is 0 Å². The Kier molecular flexibility index (Phi) is 4.15. The van der Waals surface area contributed by atoms with Crippen molar-refractivity contribution in [1.82, 2.24) is 0 Å². The first kappa shape index (κ1) is 12.5. The molecule has 1 aromatic carbocycles. The fourth-order valence-electron chi connectivity index (χ4n) is 1.68. The summed E-state index contributed by atoms with van der Waals surface area (Å²) in [6, 6.07) is 4.15. The van der Waals surface area contributed by atoms with Gasteiger partial charge in [-0.15, -0.1) is 0 Å². The van der Waals surface area contributed by atoms with Gasteiger partial charge in [-0.25, -0.2) is 4.39 Å². The van der Waals surface area contributed by atoms with Gasteiger partial charge in [0.15, 0.2) is 0 Å². The molecule has 17 heavy (non-hydrogen) atoms. The second-order valence-corrected chi connectivity index (χ2v) is 4.51. The Morgan fingerprint density at radius 1 is 1.35 bits per heavy atom. The van der Waals surface area contributed by atoms with Crippen LogP contribution in [0.25, 0.3) is 0 Å². The molecule has 0 saturated heterocycles. The maximum atomic E-state index is 13.5. The zero-order chi connectivity index (χ0) is 12.3. The van der Waals surface area contributed by atoms with Crippen molar-refractivity contribution in [2.45, 2.75) is 25.9 Å². The van der Waals surface area contributed by atoms with E-state index in [1.807, 2.05) is 0 Å². The summed E-state index contributed by atoms with van der Waals surface area (Å²) in [5.41, 5.74) is 0.606. The van der Waals surface area contributed by atoms with E-state index in [0.29, 0.717) is 12.2 Å². The van der Waals surface area contributed by atoms with E-state index in [1.165, 1.54) is 25.0 Å². The standard InChI is InChI=1S/C12H16BFO3/c14-12-7-11(13(15)16)4-3-10(12)8-17-6-5-9-1-2-9/h3-4,7,9,15-16H,1-2,5-6,8H2. The zero-order valence-electron chi connectivity index (χ0n) is 9.60. The molecule has 0 radical (unpaired) electrons. The van der Waals surface area contributed by atoms with Crippen molar-refractivity contribution >= 4 is 12.6 Å². The van der Waals surface area contributed by atoms with Crippen LogP contribution in [0.4, 0.5) is 4.39 Å². The van der Waals surface area contributed by atoms with Crippen molar-refractivity contribution in [2.24, 2.45) is 5.92 Å². The molecular formula is C12H16BFO3. The second kappa shape index (κ2) is 5.62. The van der Waals surface area contributed by atoms with Crippen LogP contribution in [-0.2, 0) is 11.3 Å². The molecule has 1 aromatic rings. The molecule has 1 saturated carbocycles. The monoisotopic (exact) mass is 238 g/mol. The molecule has 0 spiro atoms. The van der Waals surface area contributed by atoms with Gasteiger partial charge in [-0.1, -0.05) is 25.0 Å². The highest BCUT2D eigenvalue weighted by Gasteiger charge is 2.20. The highest BCUT2D eigenvalue weighted by atomic mass is 19.1. The minimum absolute atomic E-state index is 0.157. The first-order chi connectivity index (χ1) is 8.16. The van der Waals surface area contributed by atoms with Gasteiger partial charge in [0.1, 0.15) is 5.82 Å². The van der Waals surface area contributed by atoms with Crippen molar-refractivity contribution in [3.63, 3.8) is 0 Å². The molecule has 0 heterocycles. The third kappa shape index (κ3) is 3.80. The lowest BCUT2D eigenvalue weighted by Crippen LogP contribution is -2.30. The lowest BCUT2D eigenvalue weighted by atomic mass is 9.80. The van der Waals surface area contributed by atoms with E-state index >= 15 is 0 Å². The van der Waals surface area contributed by atoms with Crippen LogP contribution in [0.15, 0.2) is 18.2 Å². The zero-order valence-corrected chi connectivity index (χ0v) is 9.60. The molecule has 2 rings (SSSR count). The van der Waals surface area contributed by atoms with Crippen molar-refractivity contribution in [2.75, 3.05) is 6.61 Å². The highest BCUT2D eigenvalue weighted by molar-refractivity contribution is 6.58. The highest BCUT2D eigenvalue weighted by Crippen LogP contribution is 2.32. The van der Waals surface area contributed by atoms with Crippen molar-refractivity contribution < 1.29 is 19.2 Å². The minimum atomic E-state index is -1.63. The molecular weight excluding hydrogens is 222 g/mol. The molecule has 92 valence electrons. The summed E-state index contributed by atoms with van der Waals surface area (Å²) in [4.78, 5) is 0. The van der Waals surface area contributed by atoms with Crippen LogP contribution in [-0.4, -0.2) is 23.8 Å². The number of rotatable bonds is 6. The molecule has 0 aromatic heterocycles. The Morgan fingerprint density at radius 3 is 2.71 bits per heavy atom. The molecule has 0 aliphatic heterocycles. The summed E-state index contributed by atoms with van der Waals surface area (Å²) < 4.78 is 18.9. The molecule has 1 aliphatic carbocycles. The number of hydrogen-bond acceptors (Lipinski definition) is 3. The van der Waals surface area contributed by atoms with Crippen LogP contribution < -0.4 is 5.46 Å². The molecule has 2 N–H and O–H groups in total. The average Bonchev–Trinajstić information content (AvgIpc) is 3.09. The van der Waals surface area contributed by atoms with Crippen molar-refractivity contribution in [1.29, 1.82) is 0 Å². The van der Waals surface area contributed by atoms with E-state index in [1.54, 1.807) is 0 Å². The smallest absolute Gasteiger partial charge is 0.423 e. The summed E-state index contributed by atoms with van der Waals surface area (Å²) in [7, 11) is -1.63. The summed E-state index contributed by atoms with van der Waals surface area (Å²) in [5.74, 6) is 0.355. The summed E-state index contributed by atoms with van der Waals surface area (Å²) in [6.07, 6.45) is 3.64. The Balaban J connectivity index is 1.82. The van der Waals surface area contributed by atoms with E-state index < -0.39 is 12.9 Å². The number of hydrogen-bond donors (Lipinski definition) is 2. The molecule has 5 heteroatoms. The normalized spacial score (nSPS) is 15.0. The van der Waals surface area contributed by atoms with Gasteiger partial charge in [-0.05, 0) is 23.9 Å². The Morgan fingerprint density at radius 2 is 2.12 bits per heavy atom. The summed E-state index contributed by atoms with van der Waals surface area (Å²) in [5, 5.41) is 17.8. The topological polar surface area (TPSA) is 49.7 Å². The van der Waals surface area contributed by atoms with Gasteiger partial charge in [-0.3, -0.25) is 0 Å². The van der Waals surface area contributed by atoms with Crippen molar-refractivity contribution in [3.05, 3.63) is 29.6 Å². The minimum Gasteiger partial charge on any atom is -0.423 e. The maximum absolute atomic E-state index is 13.5. The predicted molar refractivity (Wildman–Crippen MR) is 63.2 cm³/mol. The van der Waals surface area contributed by atoms with Crippen LogP contribution in [0.1, 0.15) is 24.8 Å².